The lowest BCUT2D eigenvalue weighted by Crippen LogP contribution is -2.37. The molecule has 0 aliphatic heterocycles. The van der Waals surface area contributed by atoms with E-state index in [-0.39, 0.29) is 6.61 Å². The van der Waals surface area contributed by atoms with Crippen LogP contribution in [0.1, 0.15) is 18.9 Å². The number of hydrogen-bond acceptors (Lipinski definition) is 3. The van der Waals surface area contributed by atoms with Gasteiger partial charge in [0, 0.05) is 0 Å². The molecule has 0 fully saturated rings. The Labute approximate surface area is 121 Å². The number of benzene rings is 1. The van der Waals surface area contributed by atoms with E-state index in [1.165, 1.54) is 0 Å². The van der Waals surface area contributed by atoms with Gasteiger partial charge in [0.05, 0.1) is 21.1 Å². The van der Waals surface area contributed by atoms with Crippen molar-refractivity contribution in [1.29, 1.82) is 0 Å². The summed E-state index contributed by atoms with van der Waals surface area (Å²) in [6, 6.07) is 7.25. The Morgan fingerprint density at radius 2 is 1.90 bits per heavy atom. The van der Waals surface area contributed by atoms with Gasteiger partial charge in [-0.1, -0.05) is 31.5 Å². The summed E-state index contributed by atoms with van der Waals surface area (Å²) in [5, 5.41) is 0. The van der Waals surface area contributed by atoms with Gasteiger partial charge in [0.1, 0.15) is 18.9 Å². The molecule has 1 atom stereocenters. The minimum atomic E-state index is -4.06. The van der Waals surface area contributed by atoms with Gasteiger partial charge >= 0.3 is 7.82 Å². The van der Waals surface area contributed by atoms with Gasteiger partial charge in [-0.25, -0.2) is 4.57 Å². The van der Waals surface area contributed by atoms with Gasteiger partial charge in [-0.15, -0.1) is 0 Å². The Bertz CT molecular complexity index is 470. The van der Waals surface area contributed by atoms with Crippen molar-refractivity contribution in [2.24, 2.45) is 0 Å². The molecule has 114 valence electrons. The Morgan fingerprint density at radius 1 is 1.25 bits per heavy atom. The van der Waals surface area contributed by atoms with E-state index in [4.69, 9.17) is 9.05 Å². The van der Waals surface area contributed by atoms with Gasteiger partial charge in [-0.05, 0) is 18.1 Å². The van der Waals surface area contributed by atoms with E-state index in [0.717, 1.165) is 18.4 Å². The first-order valence-corrected chi connectivity index (χ1v) is 8.28. The van der Waals surface area contributed by atoms with E-state index in [2.05, 4.69) is 0 Å². The van der Waals surface area contributed by atoms with Crippen LogP contribution in [0.5, 0.6) is 5.75 Å². The zero-order valence-corrected chi connectivity index (χ0v) is 13.6. The van der Waals surface area contributed by atoms with Crippen LogP contribution >= 0.6 is 7.82 Å². The van der Waals surface area contributed by atoms with Gasteiger partial charge in [0.25, 0.3) is 0 Å². The SMILES string of the molecule is CCCc1ccccc1OP(=O)(O)OCC[N+](C)(C)C. The Balaban J connectivity index is 2.64. The number of rotatable bonds is 8. The third-order valence-electron chi connectivity index (χ3n) is 2.72. The zero-order chi connectivity index (χ0) is 15.2. The Hall–Kier alpha value is -0.870. The van der Waals surface area contributed by atoms with E-state index in [1.54, 1.807) is 12.1 Å². The van der Waals surface area contributed by atoms with Crippen molar-refractivity contribution in [2.45, 2.75) is 19.8 Å². The second-order valence-corrected chi connectivity index (χ2v) is 7.14. The van der Waals surface area contributed by atoms with E-state index < -0.39 is 7.82 Å². The zero-order valence-electron chi connectivity index (χ0n) is 12.7. The Morgan fingerprint density at radius 3 is 2.50 bits per heavy atom. The monoisotopic (exact) mass is 302 g/mol. The average molecular weight is 302 g/mol. The highest BCUT2D eigenvalue weighted by Gasteiger charge is 2.25. The molecule has 20 heavy (non-hydrogen) atoms. The summed E-state index contributed by atoms with van der Waals surface area (Å²) in [5.74, 6) is 0.422. The molecule has 0 aliphatic rings. The second kappa shape index (κ2) is 7.23. The molecule has 1 rings (SSSR count). The van der Waals surface area contributed by atoms with Crippen molar-refractivity contribution in [2.75, 3.05) is 34.3 Å². The number of phosphoric ester groups is 1. The molecule has 1 aromatic rings. The van der Waals surface area contributed by atoms with Crippen LogP contribution in [0.15, 0.2) is 24.3 Å². The fraction of sp³-hybridized carbons (Fsp3) is 0.571. The third kappa shape index (κ3) is 6.53. The highest BCUT2D eigenvalue weighted by molar-refractivity contribution is 7.47. The maximum Gasteiger partial charge on any atom is 0.527 e. The number of para-hydroxylation sites is 1. The molecule has 6 heteroatoms. The van der Waals surface area contributed by atoms with Gasteiger partial charge in [0.2, 0.25) is 0 Å². The van der Waals surface area contributed by atoms with Crippen LogP contribution in [-0.4, -0.2) is 43.7 Å². The first-order chi connectivity index (χ1) is 9.23. The van der Waals surface area contributed by atoms with Crippen molar-refractivity contribution < 1.29 is 23.0 Å². The van der Waals surface area contributed by atoms with Crippen molar-refractivity contribution in [3.63, 3.8) is 0 Å². The summed E-state index contributed by atoms with van der Waals surface area (Å²) in [6.07, 6.45) is 1.74. The van der Waals surface area contributed by atoms with Crippen LogP contribution in [0.3, 0.4) is 0 Å². The summed E-state index contributed by atoms with van der Waals surface area (Å²) in [5.41, 5.74) is 0.916. The van der Waals surface area contributed by atoms with E-state index in [9.17, 15) is 9.46 Å². The standard InChI is InChI=1S/C14H24NO4P/c1-5-8-13-9-6-7-10-14(13)19-20(16,17)18-12-11-15(2,3)4/h6-7,9-10H,5,8,11-12H2,1-4H3/p+1. The highest BCUT2D eigenvalue weighted by atomic mass is 31.2. The molecule has 0 heterocycles. The first kappa shape index (κ1) is 17.2. The van der Waals surface area contributed by atoms with Crippen LogP contribution in [-0.2, 0) is 15.5 Å². The molecule has 0 aromatic heterocycles. The van der Waals surface area contributed by atoms with Crippen molar-refractivity contribution >= 4 is 7.82 Å². The minimum absolute atomic E-state index is 0.174. The summed E-state index contributed by atoms with van der Waals surface area (Å²) in [4.78, 5) is 9.76. The Kier molecular flexibility index (Phi) is 6.21. The van der Waals surface area contributed by atoms with Crippen LogP contribution in [0.4, 0.5) is 0 Å². The normalized spacial score (nSPS) is 14.8. The van der Waals surface area contributed by atoms with Crippen LogP contribution in [0.25, 0.3) is 0 Å². The predicted octanol–water partition coefficient (Wildman–Crippen LogP) is 2.84. The maximum atomic E-state index is 11.9. The molecule has 5 nitrogen and oxygen atoms in total. The topological polar surface area (TPSA) is 55.8 Å². The van der Waals surface area contributed by atoms with E-state index in [0.29, 0.717) is 16.8 Å². The lowest BCUT2D eigenvalue weighted by Gasteiger charge is -2.24. The van der Waals surface area contributed by atoms with Crippen LogP contribution in [0, 0.1) is 0 Å². The minimum Gasteiger partial charge on any atom is -0.404 e. The molecule has 1 unspecified atom stereocenters. The fourth-order valence-corrected chi connectivity index (χ4v) is 2.44. The molecule has 0 bridgehead atoms. The van der Waals surface area contributed by atoms with E-state index in [1.807, 2.05) is 40.2 Å². The highest BCUT2D eigenvalue weighted by Crippen LogP contribution is 2.44. The van der Waals surface area contributed by atoms with Crippen LogP contribution < -0.4 is 4.52 Å². The molecular weight excluding hydrogens is 277 g/mol. The van der Waals surface area contributed by atoms with Gasteiger partial charge < -0.3 is 9.01 Å². The average Bonchev–Trinajstić information content (AvgIpc) is 2.29. The number of hydrogen-bond donors (Lipinski definition) is 1. The van der Waals surface area contributed by atoms with Crippen molar-refractivity contribution in [1.82, 2.24) is 0 Å². The summed E-state index contributed by atoms with van der Waals surface area (Å²) >= 11 is 0. The molecule has 0 amide bonds. The van der Waals surface area contributed by atoms with Crippen molar-refractivity contribution in [3.05, 3.63) is 29.8 Å². The molecular formula is C14H25NO4P+. The fourth-order valence-electron chi connectivity index (χ4n) is 1.65. The molecule has 0 radical (unpaired) electrons. The number of quaternary nitrogens is 1. The predicted molar refractivity (Wildman–Crippen MR) is 79.7 cm³/mol. The number of likely N-dealkylation sites (N-methyl/N-ethyl adjacent to an activating group) is 1. The molecule has 0 saturated heterocycles. The van der Waals surface area contributed by atoms with Gasteiger partial charge in [0.15, 0.2) is 0 Å². The number of phosphoric acid groups is 1. The summed E-state index contributed by atoms with van der Waals surface area (Å²) in [7, 11) is 1.91. The van der Waals surface area contributed by atoms with Crippen LogP contribution in [0.2, 0.25) is 0 Å². The smallest absolute Gasteiger partial charge is 0.404 e. The molecule has 1 aromatic carbocycles. The third-order valence-corrected chi connectivity index (χ3v) is 3.66. The summed E-state index contributed by atoms with van der Waals surface area (Å²) in [6.45, 7) is 2.85. The molecule has 0 saturated carbocycles. The number of nitrogens with zero attached hydrogens (tertiary/aromatic N) is 1. The molecule has 0 spiro atoms. The summed E-state index contributed by atoms with van der Waals surface area (Å²) < 4.78 is 22.8. The molecule has 1 N–H and O–H groups in total. The lowest BCUT2D eigenvalue weighted by molar-refractivity contribution is -0.870. The second-order valence-electron chi connectivity index (χ2n) is 5.76. The lowest BCUT2D eigenvalue weighted by atomic mass is 10.1. The van der Waals surface area contributed by atoms with Gasteiger partial charge in [-0.3, -0.25) is 9.42 Å². The largest absolute Gasteiger partial charge is 0.527 e. The van der Waals surface area contributed by atoms with Gasteiger partial charge in [-0.2, -0.15) is 0 Å². The molecule has 0 aliphatic carbocycles. The van der Waals surface area contributed by atoms with Crippen molar-refractivity contribution in [3.8, 4) is 5.75 Å². The maximum absolute atomic E-state index is 11.9. The number of aryl methyl sites for hydroxylation is 1. The van der Waals surface area contributed by atoms with E-state index >= 15 is 0 Å². The quantitative estimate of drug-likeness (QED) is 0.592. The first-order valence-electron chi connectivity index (χ1n) is 6.79.